The van der Waals surface area contributed by atoms with Crippen LogP contribution < -0.4 is 10.1 Å². The maximum Gasteiger partial charge on any atom is 0.129 e. The molecule has 1 N–H and O–H groups in total. The number of hydrogen-bond donors (Lipinski definition) is 1. The Kier molecular flexibility index (Phi) is 4.25. The van der Waals surface area contributed by atoms with Crippen molar-refractivity contribution in [1.82, 2.24) is 0 Å². The Morgan fingerprint density at radius 3 is 3.00 bits per heavy atom. The molecule has 3 heteroatoms. The molecule has 1 atom stereocenters. The molecule has 2 aromatic rings. The van der Waals surface area contributed by atoms with Crippen LogP contribution in [0.5, 0.6) is 5.75 Å². The van der Waals surface area contributed by atoms with Crippen molar-refractivity contribution < 1.29 is 4.74 Å². The first kappa shape index (κ1) is 14.5. The van der Waals surface area contributed by atoms with Gasteiger partial charge in [0.1, 0.15) is 5.75 Å². The smallest absolute Gasteiger partial charge is 0.129 e. The molecule has 0 aromatic heterocycles. The lowest BCUT2D eigenvalue weighted by Gasteiger charge is -2.16. The Labute approximate surface area is 131 Å². The van der Waals surface area contributed by atoms with Crippen LogP contribution in [0.3, 0.4) is 0 Å². The van der Waals surface area contributed by atoms with Crippen molar-refractivity contribution in [1.29, 1.82) is 0 Å². The Bertz CT molecular complexity index is 653. The van der Waals surface area contributed by atoms with Crippen LogP contribution in [0.15, 0.2) is 24.3 Å². The van der Waals surface area contributed by atoms with E-state index in [-0.39, 0.29) is 0 Å². The van der Waals surface area contributed by atoms with Crippen molar-refractivity contribution in [3.63, 3.8) is 0 Å². The van der Waals surface area contributed by atoms with Gasteiger partial charge in [-0.25, -0.2) is 0 Å². The van der Waals surface area contributed by atoms with E-state index >= 15 is 0 Å². The third-order valence-electron chi connectivity index (χ3n) is 4.26. The van der Waals surface area contributed by atoms with Gasteiger partial charge in [-0.1, -0.05) is 31.5 Å². The molecule has 2 aromatic carbocycles. The third-order valence-corrected chi connectivity index (χ3v) is 4.63. The summed E-state index contributed by atoms with van der Waals surface area (Å²) >= 11 is 6.16. The topological polar surface area (TPSA) is 21.3 Å². The molecule has 0 radical (unpaired) electrons. The van der Waals surface area contributed by atoms with E-state index < -0.39 is 0 Å². The van der Waals surface area contributed by atoms with Crippen LogP contribution >= 0.6 is 11.6 Å². The van der Waals surface area contributed by atoms with Gasteiger partial charge in [0.25, 0.3) is 0 Å². The van der Waals surface area contributed by atoms with Crippen LogP contribution in [0.1, 0.15) is 36.8 Å². The average Bonchev–Trinajstić information content (AvgIpc) is 2.90. The normalized spacial score (nSPS) is 16.8. The van der Waals surface area contributed by atoms with Gasteiger partial charge in [-0.15, -0.1) is 11.6 Å². The maximum absolute atomic E-state index is 6.16. The number of fused-ring (bicyclic) bond motifs is 3. The summed E-state index contributed by atoms with van der Waals surface area (Å²) in [6.07, 6.45) is 2.23. The molecule has 1 aliphatic rings. The highest BCUT2D eigenvalue weighted by molar-refractivity contribution is 6.18. The van der Waals surface area contributed by atoms with E-state index in [1.165, 1.54) is 27.6 Å². The fraction of sp³-hybridized carbons (Fsp3) is 0.444. The molecule has 0 bridgehead atoms. The van der Waals surface area contributed by atoms with Crippen LogP contribution in [0.2, 0.25) is 0 Å². The average molecular weight is 304 g/mol. The molecule has 1 aliphatic heterocycles. The van der Waals surface area contributed by atoms with Crippen molar-refractivity contribution in [3.05, 3.63) is 35.4 Å². The SMILES string of the molecule is CCCCOc1cc2c(c3c(C)cccc13)[C@H](CCl)CN2. The quantitative estimate of drug-likeness (QED) is 0.614. The van der Waals surface area contributed by atoms with E-state index in [2.05, 4.69) is 43.4 Å². The predicted molar refractivity (Wildman–Crippen MR) is 91.0 cm³/mol. The number of nitrogens with one attached hydrogen (secondary N) is 1. The Balaban J connectivity index is 2.14. The van der Waals surface area contributed by atoms with E-state index in [9.17, 15) is 0 Å². The number of alkyl halides is 1. The molecular formula is C18H22ClNO. The minimum Gasteiger partial charge on any atom is -0.493 e. The summed E-state index contributed by atoms with van der Waals surface area (Å²) in [7, 11) is 0. The van der Waals surface area contributed by atoms with E-state index in [0.717, 1.165) is 31.7 Å². The molecule has 112 valence electrons. The van der Waals surface area contributed by atoms with E-state index in [4.69, 9.17) is 16.3 Å². The van der Waals surface area contributed by atoms with Gasteiger partial charge >= 0.3 is 0 Å². The van der Waals surface area contributed by atoms with Crippen LogP contribution in [-0.4, -0.2) is 19.0 Å². The zero-order valence-electron chi connectivity index (χ0n) is 12.7. The summed E-state index contributed by atoms with van der Waals surface area (Å²) < 4.78 is 6.04. The summed E-state index contributed by atoms with van der Waals surface area (Å²) in [6, 6.07) is 8.59. The maximum atomic E-state index is 6.16. The van der Waals surface area contributed by atoms with Gasteiger partial charge in [0.2, 0.25) is 0 Å². The van der Waals surface area contributed by atoms with Crippen molar-refractivity contribution >= 4 is 28.1 Å². The standard InChI is InChI=1S/C18H22ClNO/c1-3-4-8-21-16-9-15-18(13(10-19)11-20-15)17-12(2)6-5-7-14(16)17/h5-7,9,13,20H,3-4,8,10-11H2,1-2H3/t13-/m1/s1. The summed E-state index contributed by atoms with van der Waals surface area (Å²) in [5.74, 6) is 2.03. The molecule has 0 spiro atoms. The number of rotatable bonds is 5. The molecular weight excluding hydrogens is 282 g/mol. The van der Waals surface area contributed by atoms with Crippen molar-refractivity contribution in [2.24, 2.45) is 0 Å². The highest BCUT2D eigenvalue weighted by Gasteiger charge is 2.26. The zero-order chi connectivity index (χ0) is 14.8. The number of halogens is 1. The van der Waals surface area contributed by atoms with Gasteiger partial charge in [0.15, 0.2) is 0 Å². The van der Waals surface area contributed by atoms with Gasteiger partial charge < -0.3 is 10.1 Å². The summed E-state index contributed by atoms with van der Waals surface area (Å²) in [6.45, 7) is 6.04. The molecule has 3 rings (SSSR count). The fourth-order valence-corrected chi connectivity index (χ4v) is 3.40. The molecule has 0 aliphatic carbocycles. The van der Waals surface area contributed by atoms with Gasteiger partial charge in [-0.05, 0) is 29.9 Å². The number of anilines is 1. The third kappa shape index (κ3) is 2.57. The second-order valence-corrected chi connectivity index (χ2v) is 6.08. The first-order chi connectivity index (χ1) is 10.3. The minimum absolute atomic E-state index is 0.384. The van der Waals surface area contributed by atoms with Crippen molar-refractivity contribution in [3.8, 4) is 5.75 Å². The minimum atomic E-state index is 0.384. The number of unbranched alkanes of at least 4 members (excludes halogenated alkanes) is 1. The summed E-state index contributed by atoms with van der Waals surface area (Å²) in [4.78, 5) is 0. The number of benzene rings is 2. The molecule has 2 nitrogen and oxygen atoms in total. The number of hydrogen-bond acceptors (Lipinski definition) is 2. The van der Waals surface area contributed by atoms with Gasteiger partial charge in [0.05, 0.1) is 6.61 Å². The second-order valence-electron chi connectivity index (χ2n) is 5.77. The van der Waals surface area contributed by atoms with Crippen LogP contribution in [0.25, 0.3) is 10.8 Å². The number of ether oxygens (including phenoxy) is 1. The molecule has 0 unspecified atom stereocenters. The lowest BCUT2D eigenvalue weighted by molar-refractivity contribution is 0.313. The Morgan fingerprint density at radius 2 is 2.24 bits per heavy atom. The second kappa shape index (κ2) is 6.15. The lowest BCUT2D eigenvalue weighted by atomic mass is 9.92. The first-order valence-electron chi connectivity index (χ1n) is 7.75. The monoisotopic (exact) mass is 303 g/mol. The first-order valence-corrected chi connectivity index (χ1v) is 8.28. The van der Waals surface area contributed by atoms with Gasteiger partial charge in [0, 0.05) is 35.5 Å². The van der Waals surface area contributed by atoms with E-state index in [1.54, 1.807) is 0 Å². The fourth-order valence-electron chi connectivity index (χ4n) is 3.13. The zero-order valence-corrected chi connectivity index (χ0v) is 13.5. The van der Waals surface area contributed by atoms with Gasteiger partial charge in [-0.2, -0.15) is 0 Å². The van der Waals surface area contributed by atoms with Crippen LogP contribution in [-0.2, 0) is 0 Å². The van der Waals surface area contributed by atoms with E-state index in [1.807, 2.05) is 0 Å². The molecule has 0 fully saturated rings. The lowest BCUT2D eigenvalue weighted by Crippen LogP contribution is -2.03. The highest BCUT2D eigenvalue weighted by atomic mass is 35.5. The highest BCUT2D eigenvalue weighted by Crippen LogP contribution is 2.43. The van der Waals surface area contributed by atoms with E-state index in [0.29, 0.717) is 11.8 Å². The molecule has 0 amide bonds. The van der Waals surface area contributed by atoms with Crippen LogP contribution in [0, 0.1) is 6.92 Å². The molecule has 0 saturated carbocycles. The predicted octanol–water partition coefficient (Wildman–Crippen LogP) is 5.08. The summed E-state index contributed by atoms with van der Waals surface area (Å²) in [5, 5.41) is 6.02. The van der Waals surface area contributed by atoms with Crippen LogP contribution in [0.4, 0.5) is 5.69 Å². The molecule has 21 heavy (non-hydrogen) atoms. The Morgan fingerprint density at radius 1 is 1.38 bits per heavy atom. The molecule has 1 heterocycles. The largest absolute Gasteiger partial charge is 0.493 e. The molecule has 0 saturated heterocycles. The van der Waals surface area contributed by atoms with Crippen molar-refractivity contribution in [2.75, 3.05) is 24.3 Å². The Hall–Kier alpha value is -1.41. The summed E-state index contributed by atoms with van der Waals surface area (Å²) in [5.41, 5.74) is 3.85. The van der Waals surface area contributed by atoms with Gasteiger partial charge in [-0.3, -0.25) is 0 Å². The number of aryl methyl sites for hydroxylation is 1. The van der Waals surface area contributed by atoms with Crippen molar-refractivity contribution in [2.45, 2.75) is 32.6 Å².